The van der Waals surface area contributed by atoms with Crippen LogP contribution < -0.4 is 0 Å². The Hall–Kier alpha value is -7.73. The number of nitriles is 1. The molecule has 0 N–H and O–H groups in total. The fraction of sp³-hybridized carbons (Fsp3) is 0. The minimum atomic E-state index is 0.675. The van der Waals surface area contributed by atoms with Gasteiger partial charge in [-0.3, -0.25) is 0 Å². The fourth-order valence-corrected chi connectivity index (χ4v) is 9.30. The number of hydrogen-bond acceptors (Lipinski definition) is 2. The Morgan fingerprint density at radius 2 is 0.895 bits per heavy atom. The maximum absolute atomic E-state index is 9.41. The second kappa shape index (κ2) is 12.1. The highest BCUT2D eigenvalue weighted by atomic mass is 16.3. The van der Waals surface area contributed by atoms with E-state index in [4.69, 9.17) is 4.42 Å². The van der Waals surface area contributed by atoms with Crippen molar-refractivity contribution in [3.05, 3.63) is 194 Å². The molecule has 1 aromatic heterocycles. The third kappa shape index (κ3) is 4.83. The van der Waals surface area contributed by atoms with E-state index in [2.05, 4.69) is 176 Å². The molecule has 0 atom stereocenters. The van der Waals surface area contributed by atoms with Crippen LogP contribution in [0.1, 0.15) is 5.56 Å². The zero-order chi connectivity index (χ0) is 37.6. The van der Waals surface area contributed by atoms with Crippen molar-refractivity contribution in [2.45, 2.75) is 0 Å². The molecule has 0 unspecified atom stereocenters. The molecule has 0 saturated carbocycles. The Morgan fingerprint density at radius 3 is 1.67 bits per heavy atom. The highest BCUT2D eigenvalue weighted by Gasteiger charge is 2.17. The van der Waals surface area contributed by atoms with E-state index in [-0.39, 0.29) is 0 Å². The Bertz CT molecular complexity index is 3690. The van der Waals surface area contributed by atoms with Gasteiger partial charge in [-0.1, -0.05) is 146 Å². The molecule has 2 heteroatoms. The van der Waals surface area contributed by atoms with E-state index in [1.807, 2.05) is 18.2 Å². The molecule has 262 valence electrons. The molecule has 0 aliphatic rings. The lowest BCUT2D eigenvalue weighted by Crippen LogP contribution is -1.88. The second-order valence-corrected chi connectivity index (χ2v) is 15.1. The van der Waals surface area contributed by atoms with Gasteiger partial charge in [-0.05, 0) is 140 Å². The summed E-state index contributed by atoms with van der Waals surface area (Å²) in [7, 11) is 0. The Kier molecular flexibility index (Phi) is 6.73. The molecule has 0 aliphatic heterocycles. The van der Waals surface area contributed by atoms with Gasteiger partial charge in [-0.15, -0.1) is 0 Å². The molecular formula is C55H31NO. The molecule has 0 saturated heterocycles. The van der Waals surface area contributed by atoms with E-state index in [1.54, 1.807) is 0 Å². The summed E-state index contributed by atoms with van der Waals surface area (Å²) in [6.07, 6.45) is 0. The summed E-state index contributed by atoms with van der Waals surface area (Å²) in [5, 5.41) is 26.2. The molecule has 0 aliphatic carbocycles. The topological polar surface area (TPSA) is 36.9 Å². The van der Waals surface area contributed by atoms with Crippen molar-refractivity contribution in [1.82, 2.24) is 0 Å². The largest absolute Gasteiger partial charge is 0.456 e. The van der Waals surface area contributed by atoms with Gasteiger partial charge in [0.25, 0.3) is 0 Å². The summed E-state index contributed by atoms with van der Waals surface area (Å²) in [6.45, 7) is 0. The molecule has 11 aromatic carbocycles. The van der Waals surface area contributed by atoms with Gasteiger partial charge in [0.2, 0.25) is 0 Å². The van der Waals surface area contributed by atoms with E-state index < -0.39 is 0 Å². The number of furan rings is 1. The van der Waals surface area contributed by atoms with Crippen molar-refractivity contribution >= 4 is 86.6 Å². The number of nitrogens with zero attached hydrogens (tertiary/aromatic N) is 1. The van der Waals surface area contributed by atoms with Crippen molar-refractivity contribution in [2.75, 3.05) is 0 Å². The van der Waals surface area contributed by atoms with Gasteiger partial charge < -0.3 is 4.42 Å². The van der Waals surface area contributed by atoms with Crippen LogP contribution in [0.3, 0.4) is 0 Å². The van der Waals surface area contributed by atoms with E-state index in [9.17, 15) is 5.26 Å². The average molecular weight is 722 g/mol. The standard InChI is InChI=1S/C55H31NO/c56-32-33-13-14-35-17-20-38(28-40(35)27-33)34-15-18-37(19-16-34)41-24-25-42(45-10-4-3-9-44(41)45)39-21-23-48-49(29-39)46-11-5-6-12-47(46)50-30-52-54(31-51(48)50)57-53-26-22-36-7-1-2-8-43(36)55(52)53/h1-31H. The molecule has 0 amide bonds. The van der Waals surface area contributed by atoms with Crippen LogP contribution in [0.4, 0.5) is 0 Å². The van der Waals surface area contributed by atoms with Crippen LogP contribution in [-0.2, 0) is 0 Å². The minimum absolute atomic E-state index is 0.675. The molecule has 0 radical (unpaired) electrons. The first-order chi connectivity index (χ1) is 28.2. The minimum Gasteiger partial charge on any atom is -0.456 e. The fourth-order valence-electron chi connectivity index (χ4n) is 9.30. The number of fused-ring (bicyclic) bond motifs is 13. The Morgan fingerprint density at radius 1 is 0.316 bits per heavy atom. The molecule has 12 aromatic rings. The molecular weight excluding hydrogens is 691 g/mol. The molecule has 0 fully saturated rings. The van der Waals surface area contributed by atoms with E-state index in [0.29, 0.717) is 5.56 Å². The maximum atomic E-state index is 9.41. The highest BCUT2D eigenvalue weighted by molar-refractivity contribution is 6.30. The summed E-state index contributed by atoms with van der Waals surface area (Å²) in [4.78, 5) is 0. The first-order valence-corrected chi connectivity index (χ1v) is 19.4. The zero-order valence-electron chi connectivity index (χ0n) is 30.8. The smallest absolute Gasteiger partial charge is 0.136 e. The predicted molar refractivity (Wildman–Crippen MR) is 240 cm³/mol. The van der Waals surface area contributed by atoms with Gasteiger partial charge in [0.05, 0.1) is 11.6 Å². The SMILES string of the molecule is N#Cc1ccc2ccc(-c3ccc(-c4ccc(-c5ccc6c(c5)c5ccccc5c5cc7c(cc65)oc5ccc6ccccc6c57)c5ccccc45)cc3)cc2c1. The van der Waals surface area contributed by atoms with Crippen molar-refractivity contribution in [3.8, 4) is 39.4 Å². The molecule has 1 heterocycles. The quantitative estimate of drug-likeness (QED) is 0.170. The molecule has 2 nitrogen and oxygen atoms in total. The predicted octanol–water partition coefficient (Wildman–Crippen LogP) is 15.4. The van der Waals surface area contributed by atoms with Gasteiger partial charge in [0.1, 0.15) is 11.2 Å². The van der Waals surface area contributed by atoms with Crippen molar-refractivity contribution in [3.63, 3.8) is 0 Å². The second-order valence-electron chi connectivity index (χ2n) is 15.1. The highest BCUT2D eigenvalue weighted by Crippen LogP contribution is 2.44. The van der Waals surface area contributed by atoms with Gasteiger partial charge >= 0.3 is 0 Å². The summed E-state index contributed by atoms with van der Waals surface area (Å²) < 4.78 is 6.56. The first kappa shape index (κ1) is 31.6. The Labute approximate surface area is 328 Å². The zero-order valence-corrected chi connectivity index (χ0v) is 30.8. The van der Waals surface area contributed by atoms with Crippen LogP contribution in [0.15, 0.2) is 192 Å². The summed E-state index contributed by atoms with van der Waals surface area (Å²) >= 11 is 0. The van der Waals surface area contributed by atoms with Crippen LogP contribution in [0.25, 0.3) is 120 Å². The lowest BCUT2D eigenvalue weighted by atomic mass is 9.88. The summed E-state index contributed by atoms with van der Waals surface area (Å²) in [5.41, 5.74) is 9.58. The molecule has 0 bridgehead atoms. The monoisotopic (exact) mass is 721 g/mol. The normalized spacial score (nSPS) is 11.8. The average Bonchev–Trinajstić information content (AvgIpc) is 3.66. The third-order valence-electron chi connectivity index (χ3n) is 12.1. The first-order valence-electron chi connectivity index (χ1n) is 19.4. The third-order valence-corrected chi connectivity index (χ3v) is 12.1. The summed E-state index contributed by atoms with van der Waals surface area (Å²) in [6, 6.07) is 70.0. The van der Waals surface area contributed by atoms with Crippen LogP contribution >= 0.6 is 0 Å². The van der Waals surface area contributed by atoms with Crippen LogP contribution in [-0.4, -0.2) is 0 Å². The van der Waals surface area contributed by atoms with Crippen molar-refractivity contribution < 1.29 is 4.42 Å². The number of benzene rings is 11. The Balaban J connectivity index is 0.988. The lowest BCUT2D eigenvalue weighted by Gasteiger charge is -2.15. The molecule has 0 spiro atoms. The van der Waals surface area contributed by atoms with Gasteiger partial charge in [-0.2, -0.15) is 5.26 Å². The van der Waals surface area contributed by atoms with Gasteiger partial charge in [0, 0.05) is 10.8 Å². The van der Waals surface area contributed by atoms with E-state index >= 15 is 0 Å². The lowest BCUT2D eigenvalue weighted by molar-refractivity contribution is 0.670. The van der Waals surface area contributed by atoms with Crippen molar-refractivity contribution in [2.24, 2.45) is 0 Å². The van der Waals surface area contributed by atoms with Gasteiger partial charge in [0.15, 0.2) is 0 Å². The van der Waals surface area contributed by atoms with Crippen molar-refractivity contribution in [1.29, 1.82) is 5.26 Å². The van der Waals surface area contributed by atoms with Crippen LogP contribution in [0.5, 0.6) is 0 Å². The van der Waals surface area contributed by atoms with Crippen LogP contribution in [0, 0.1) is 11.3 Å². The molecule has 57 heavy (non-hydrogen) atoms. The summed E-state index contributed by atoms with van der Waals surface area (Å²) in [5.74, 6) is 0. The maximum Gasteiger partial charge on any atom is 0.136 e. The number of rotatable bonds is 3. The van der Waals surface area contributed by atoms with Crippen LogP contribution in [0.2, 0.25) is 0 Å². The van der Waals surface area contributed by atoms with E-state index in [0.717, 1.165) is 38.5 Å². The number of hydrogen-bond donors (Lipinski definition) is 0. The molecule has 12 rings (SSSR count). The van der Waals surface area contributed by atoms with Gasteiger partial charge in [-0.25, -0.2) is 0 Å². The van der Waals surface area contributed by atoms with E-state index in [1.165, 1.54) is 81.5 Å².